The van der Waals surface area contributed by atoms with E-state index in [1.54, 1.807) is 30.3 Å². The number of nitrogens with one attached hydrogen (secondary N) is 2. The summed E-state index contributed by atoms with van der Waals surface area (Å²) in [6.45, 7) is 2.41. The lowest BCUT2D eigenvalue weighted by atomic mass is 10.1. The smallest absolute Gasteiger partial charge is 0.356 e. The van der Waals surface area contributed by atoms with Crippen molar-refractivity contribution in [1.29, 1.82) is 0 Å². The average molecular weight is 556 g/mol. The number of aromatic nitrogens is 1. The van der Waals surface area contributed by atoms with E-state index in [4.69, 9.17) is 14.2 Å². The number of carbonyl (C=O) groups excluding carboxylic acids is 3. The Morgan fingerprint density at radius 2 is 1.56 bits per heavy atom. The molecular weight excluding hydrogens is 526 g/mol. The Hall–Kier alpha value is -4.45. The van der Waals surface area contributed by atoms with Crippen LogP contribution in [0.1, 0.15) is 50.1 Å². The fraction of sp³-hybridized carbons (Fsp3) is 0.259. The quantitative estimate of drug-likeness (QED) is 0.322. The van der Waals surface area contributed by atoms with E-state index in [1.807, 2.05) is 11.6 Å². The van der Waals surface area contributed by atoms with Crippen LogP contribution < -0.4 is 19.5 Å². The van der Waals surface area contributed by atoms with Crippen LogP contribution >= 0.6 is 0 Å². The Morgan fingerprint density at radius 1 is 0.872 bits per heavy atom. The number of hydrogen-bond acceptors (Lipinski definition) is 9. The van der Waals surface area contributed by atoms with Gasteiger partial charge >= 0.3 is 5.97 Å². The van der Waals surface area contributed by atoms with Crippen molar-refractivity contribution in [3.05, 3.63) is 83.2 Å². The van der Waals surface area contributed by atoms with Crippen molar-refractivity contribution in [3.8, 4) is 11.5 Å². The molecule has 39 heavy (non-hydrogen) atoms. The molecule has 0 atom stereocenters. The minimum absolute atomic E-state index is 0.0124. The van der Waals surface area contributed by atoms with E-state index in [2.05, 4.69) is 10.3 Å². The van der Waals surface area contributed by atoms with E-state index in [1.165, 1.54) is 38.5 Å². The van der Waals surface area contributed by atoms with E-state index in [9.17, 15) is 22.8 Å². The number of rotatable bonds is 12. The van der Waals surface area contributed by atoms with Crippen LogP contribution in [0.5, 0.6) is 11.5 Å². The minimum Gasteiger partial charge on any atom is -0.493 e. The van der Waals surface area contributed by atoms with Crippen molar-refractivity contribution >= 4 is 27.8 Å². The highest BCUT2D eigenvalue weighted by molar-refractivity contribution is 7.90. The minimum atomic E-state index is -4.16. The fourth-order valence-corrected chi connectivity index (χ4v) is 4.37. The first-order valence-corrected chi connectivity index (χ1v) is 13.5. The van der Waals surface area contributed by atoms with Crippen molar-refractivity contribution in [3.63, 3.8) is 0 Å². The van der Waals surface area contributed by atoms with Gasteiger partial charge in [-0.05, 0) is 60.9 Å². The molecule has 11 nitrogen and oxygen atoms in total. The van der Waals surface area contributed by atoms with Crippen LogP contribution in [0, 0.1) is 0 Å². The number of hydrogen-bond donors (Lipinski definition) is 2. The maximum Gasteiger partial charge on any atom is 0.356 e. The summed E-state index contributed by atoms with van der Waals surface area (Å²) in [6.07, 6.45) is 2.21. The molecule has 12 heteroatoms. The third-order valence-electron chi connectivity index (χ3n) is 5.48. The molecule has 3 aromatic rings. The molecule has 3 rings (SSSR count). The monoisotopic (exact) mass is 555 g/mol. The van der Waals surface area contributed by atoms with E-state index < -0.39 is 21.9 Å². The van der Waals surface area contributed by atoms with Gasteiger partial charge in [0.2, 0.25) is 0 Å². The molecule has 0 aliphatic rings. The zero-order chi connectivity index (χ0) is 28.4. The molecule has 0 unspecified atom stereocenters. The second kappa shape index (κ2) is 13.4. The first-order valence-electron chi connectivity index (χ1n) is 12.0. The van der Waals surface area contributed by atoms with Gasteiger partial charge in [-0.1, -0.05) is 19.1 Å². The van der Waals surface area contributed by atoms with Crippen molar-refractivity contribution in [2.75, 3.05) is 27.4 Å². The Bertz CT molecular complexity index is 1420. The van der Waals surface area contributed by atoms with Gasteiger partial charge in [0, 0.05) is 18.3 Å². The lowest BCUT2D eigenvalue weighted by Gasteiger charge is -2.10. The lowest BCUT2D eigenvalue weighted by molar-refractivity contribution is 0.0497. The summed E-state index contributed by atoms with van der Waals surface area (Å²) < 4.78 is 42.7. The number of sulfonamides is 1. The molecule has 2 N–H and O–H groups in total. The molecule has 0 saturated heterocycles. The SMILES string of the molecule is CCCOC(=O)c1ccc(C(=O)NS(=O)(=O)c2ccc(CCNC(=O)c3ccc(OC)c(OC)c3)cc2)cn1. The Balaban J connectivity index is 1.55. The molecule has 2 amide bonds. The Kier molecular flexibility index (Phi) is 9.98. The summed E-state index contributed by atoms with van der Waals surface area (Å²) in [5.41, 5.74) is 1.17. The van der Waals surface area contributed by atoms with Crippen LogP contribution in [0.15, 0.2) is 65.7 Å². The molecule has 206 valence electrons. The predicted octanol–water partition coefficient (Wildman–Crippen LogP) is 2.76. The van der Waals surface area contributed by atoms with Gasteiger partial charge in [-0.3, -0.25) is 9.59 Å². The third-order valence-corrected chi connectivity index (χ3v) is 6.82. The van der Waals surface area contributed by atoms with E-state index in [0.717, 1.165) is 11.8 Å². The molecule has 0 spiro atoms. The zero-order valence-electron chi connectivity index (χ0n) is 21.7. The van der Waals surface area contributed by atoms with E-state index in [0.29, 0.717) is 36.4 Å². The summed E-state index contributed by atoms with van der Waals surface area (Å²) in [7, 11) is -1.16. The second-order valence-corrected chi connectivity index (χ2v) is 9.90. The number of amides is 2. The molecule has 0 fully saturated rings. The number of methoxy groups -OCH3 is 2. The summed E-state index contributed by atoms with van der Waals surface area (Å²) in [6, 6.07) is 13.3. The predicted molar refractivity (Wildman–Crippen MR) is 141 cm³/mol. The van der Waals surface area contributed by atoms with Gasteiger partial charge in [-0.15, -0.1) is 0 Å². The van der Waals surface area contributed by atoms with Crippen LogP contribution in [0.25, 0.3) is 0 Å². The fourth-order valence-electron chi connectivity index (χ4n) is 3.39. The molecule has 0 aliphatic heterocycles. The topological polar surface area (TPSA) is 150 Å². The van der Waals surface area contributed by atoms with Crippen LogP contribution in [0.2, 0.25) is 0 Å². The van der Waals surface area contributed by atoms with Crippen molar-refractivity contribution in [2.45, 2.75) is 24.7 Å². The Labute approximate surface area is 226 Å². The molecular formula is C27H29N3O8S. The van der Waals surface area contributed by atoms with E-state index >= 15 is 0 Å². The van der Waals surface area contributed by atoms with Gasteiger partial charge in [-0.25, -0.2) is 22.9 Å². The average Bonchev–Trinajstić information content (AvgIpc) is 2.95. The van der Waals surface area contributed by atoms with Gasteiger partial charge in [0.1, 0.15) is 5.69 Å². The molecule has 0 radical (unpaired) electrons. The highest BCUT2D eigenvalue weighted by Crippen LogP contribution is 2.27. The van der Waals surface area contributed by atoms with E-state index in [-0.39, 0.29) is 28.7 Å². The highest BCUT2D eigenvalue weighted by Gasteiger charge is 2.20. The summed E-state index contributed by atoms with van der Waals surface area (Å²) in [5, 5.41) is 2.80. The molecule has 1 heterocycles. The van der Waals surface area contributed by atoms with Crippen LogP contribution in [-0.4, -0.2) is 58.6 Å². The first kappa shape index (κ1) is 29.1. The summed E-state index contributed by atoms with van der Waals surface area (Å²) in [4.78, 5) is 40.5. The van der Waals surface area contributed by atoms with Gasteiger partial charge in [0.15, 0.2) is 11.5 Å². The molecule has 0 aliphatic carbocycles. The Morgan fingerprint density at radius 3 is 2.18 bits per heavy atom. The van der Waals surface area contributed by atoms with Crippen LogP contribution in [0.3, 0.4) is 0 Å². The van der Waals surface area contributed by atoms with Gasteiger partial charge in [0.05, 0.1) is 31.3 Å². The highest BCUT2D eigenvalue weighted by atomic mass is 32.2. The largest absolute Gasteiger partial charge is 0.493 e. The van der Waals surface area contributed by atoms with Gasteiger partial charge < -0.3 is 19.5 Å². The van der Waals surface area contributed by atoms with Crippen molar-refractivity contribution < 1.29 is 37.0 Å². The molecule has 2 aromatic carbocycles. The second-order valence-electron chi connectivity index (χ2n) is 8.22. The normalized spacial score (nSPS) is 10.8. The number of nitrogens with zero attached hydrogens (tertiary/aromatic N) is 1. The number of carbonyl (C=O) groups is 3. The zero-order valence-corrected chi connectivity index (χ0v) is 22.5. The van der Waals surface area contributed by atoms with Crippen molar-refractivity contribution in [1.82, 2.24) is 15.0 Å². The first-order chi connectivity index (χ1) is 18.7. The lowest BCUT2D eigenvalue weighted by Crippen LogP contribution is -2.30. The third kappa shape index (κ3) is 7.77. The molecule has 1 aromatic heterocycles. The maximum absolute atomic E-state index is 12.7. The number of ether oxygens (including phenoxy) is 3. The molecule has 0 saturated carbocycles. The summed E-state index contributed by atoms with van der Waals surface area (Å²) in [5.74, 6) is -0.859. The van der Waals surface area contributed by atoms with Gasteiger partial charge in [-0.2, -0.15) is 0 Å². The van der Waals surface area contributed by atoms with Crippen LogP contribution in [0.4, 0.5) is 0 Å². The number of benzene rings is 2. The van der Waals surface area contributed by atoms with Gasteiger partial charge in [0.25, 0.3) is 21.8 Å². The standard InChI is InChI=1S/C27H29N3O8S/c1-4-15-38-27(33)22-11-7-20(17-29-22)26(32)30-39(34,35)21-9-5-18(6-10-21)13-14-28-25(31)19-8-12-23(36-2)24(16-19)37-3/h5-12,16-17H,4,13-15H2,1-3H3,(H,28,31)(H,30,32). The van der Waals surface area contributed by atoms with Crippen molar-refractivity contribution in [2.24, 2.45) is 0 Å². The summed E-state index contributed by atoms with van der Waals surface area (Å²) >= 11 is 0. The van der Waals surface area contributed by atoms with Crippen LogP contribution in [-0.2, 0) is 21.2 Å². The molecule has 0 bridgehead atoms. The maximum atomic E-state index is 12.7. The number of esters is 1. The number of pyridine rings is 1.